The van der Waals surface area contributed by atoms with Gasteiger partial charge < -0.3 is 19.2 Å². The lowest BCUT2D eigenvalue weighted by molar-refractivity contribution is -0.131. The van der Waals surface area contributed by atoms with Crippen LogP contribution in [0.15, 0.2) is 53.3 Å². The molecule has 0 fully saturated rings. The van der Waals surface area contributed by atoms with Gasteiger partial charge in [-0.3, -0.25) is 9.59 Å². The number of carbonyl (C=O) groups excluding carboxylic acids is 2. The first kappa shape index (κ1) is 19.1. The Morgan fingerprint density at radius 3 is 2.79 bits per heavy atom. The van der Waals surface area contributed by atoms with Gasteiger partial charge in [-0.25, -0.2) is 0 Å². The Morgan fingerprint density at radius 1 is 1.24 bits per heavy atom. The summed E-state index contributed by atoms with van der Waals surface area (Å²) in [5.41, 5.74) is 4.98. The van der Waals surface area contributed by atoms with Crippen molar-refractivity contribution in [1.82, 2.24) is 14.8 Å². The number of hydrogen-bond acceptors (Lipinski definition) is 3. The zero-order chi connectivity index (χ0) is 20.4. The van der Waals surface area contributed by atoms with Gasteiger partial charge in [0.2, 0.25) is 5.91 Å². The van der Waals surface area contributed by atoms with Gasteiger partial charge in [0.05, 0.1) is 12.8 Å². The van der Waals surface area contributed by atoms with Crippen LogP contribution in [0, 0.1) is 0 Å². The molecule has 2 aromatic heterocycles. The van der Waals surface area contributed by atoms with E-state index in [9.17, 15) is 9.59 Å². The van der Waals surface area contributed by atoms with E-state index in [-0.39, 0.29) is 24.1 Å². The number of amides is 2. The number of aromatic nitrogens is 1. The summed E-state index contributed by atoms with van der Waals surface area (Å²) >= 11 is 0. The number of carbonyl (C=O) groups is 2. The van der Waals surface area contributed by atoms with Gasteiger partial charge in [0, 0.05) is 42.8 Å². The summed E-state index contributed by atoms with van der Waals surface area (Å²) in [5.74, 6) is -0.107. The lowest BCUT2D eigenvalue weighted by atomic mass is 9.97. The smallest absolute Gasteiger partial charge is 0.289 e. The van der Waals surface area contributed by atoms with Crippen molar-refractivity contribution >= 4 is 28.3 Å². The number of fused-ring (bicyclic) bond motifs is 1. The van der Waals surface area contributed by atoms with Crippen LogP contribution in [0.3, 0.4) is 0 Å². The molecule has 6 nitrogen and oxygen atoms in total. The maximum Gasteiger partial charge on any atom is 0.289 e. The largest absolute Gasteiger partial charge is 0.459 e. The zero-order valence-electron chi connectivity index (χ0n) is 16.8. The van der Waals surface area contributed by atoms with E-state index in [0.717, 1.165) is 12.8 Å². The van der Waals surface area contributed by atoms with E-state index >= 15 is 0 Å². The maximum atomic E-state index is 12.6. The molecule has 1 N–H and O–H groups in total. The van der Waals surface area contributed by atoms with Gasteiger partial charge in [-0.1, -0.05) is 31.2 Å². The molecule has 4 rings (SSSR count). The third-order valence-electron chi connectivity index (χ3n) is 5.54. The Morgan fingerprint density at radius 2 is 2.10 bits per heavy atom. The van der Waals surface area contributed by atoms with Gasteiger partial charge in [0.15, 0.2) is 5.76 Å². The van der Waals surface area contributed by atoms with Crippen molar-refractivity contribution in [3.63, 3.8) is 0 Å². The van der Waals surface area contributed by atoms with Crippen molar-refractivity contribution < 1.29 is 14.0 Å². The highest BCUT2D eigenvalue weighted by Gasteiger charge is 2.23. The van der Waals surface area contributed by atoms with Crippen LogP contribution in [0.5, 0.6) is 0 Å². The van der Waals surface area contributed by atoms with Gasteiger partial charge in [-0.15, -0.1) is 0 Å². The highest BCUT2D eigenvalue weighted by atomic mass is 16.3. The average molecular weight is 391 g/mol. The quantitative estimate of drug-likeness (QED) is 0.721. The van der Waals surface area contributed by atoms with Gasteiger partial charge in [-0.2, -0.15) is 0 Å². The maximum absolute atomic E-state index is 12.6. The molecular formula is C23H25N3O3. The van der Waals surface area contributed by atoms with E-state index in [4.69, 9.17) is 4.42 Å². The van der Waals surface area contributed by atoms with E-state index in [1.54, 1.807) is 24.1 Å². The molecule has 1 aliphatic heterocycles. The normalized spacial score (nSPS) is 14.1. The molecular weight excluding hydrogens is 366 g/mol. The van der Waals surface area contributed by atoms with Crippen LogP contribution in [-0.4, -0.2) is 53.3 Å². The fourth-order valence-electron chi connectivity index (χ4n) is 3.88. The summed E-state index contributed by atoms with van der Waals surface area (Å²) in [5, 5.41) is 1.24. The molecule has 29 heavy (non-hydrogen) atoms. The number of furan rings is 1. The van der Waals surface area contributed by atoms with E-state index in [0.29, 0.717) is 13.1 Å². The van der Waals surface area contributed by atoms with Crippen LogP contribution >= 0.6 is 0 Å². The van der Waals surface area contributed by atoms with Crippen molar-refractivity contribution in [3.8, 4) is 0 Å². The minimum absolute atomic E-state index is 0.0374. The van der Waals surface area contributed by atoms with E-state index < -0.39 is 0 Å². The molecule has 3 heterocycles. The molecule has 2 amide bonds. The van der Waals surface area contributed by atoms with Crippen LogP contribution in [0.25, 0.3) is 16.5 Å². The summed E-state index contributed by atoms with van der Waals surface area (Å²) in [6.45, 7) is 3.40. The number of nitrogens with zero attached hydrogens (tertiary/aromatic N) is 2. The minimum atomic E-state index is -0.290. The second-order valence-corrected chi connectivity index (χ2v) is 7.35. The molecule has 6 heteroatoms. The molecule has 0 aliphatic carbocycles. The Balaban J connectivity index is 1.43. The first-order valence-corrected chi connectivity index (χ1v) is 9.93. The Bertz CT molecular complexity index is 1060. The molecule has 3 aromatic rings. The number of nitrogens with one attached hydrogen (secondary N) is 1. The fraction of sp³-hybridized carbons (Fsp3) is 0.304. The van der Waals surface area contributed by atoms with Crippen molar-refractivity contribution in [2.24, 2.45) is 0 Å². The molecule has 150 valence electrons. The SMILES string of the molecule is CCc1cccc2c(C3=CCN(C(=O)CN(C)C(=O)c4ccco4)CC3)c[nH]c12. The number of rotatable bonds is 5. The molecule has 0 unspecified atom stereocenters. The van der Waals surface area contributed by atoms with Crippen molar-refractivity contribution in [1.29, 1.82) is 0 Å². The summed E-state index contributed by atoms with van der Waals surface area (Å²) in [4.78, 5) is 31.5. The molecule has 0 radical (unpaired) electrons. The molecule has 0 saturated carbocycles. The Kier molecular flexibility index (Phi) is 5.25. The molecule has 1 aromatic carbocycles. The first-order valence-electron chi connectivity index (χ1n) is 9.93. The number of H-pyrrole nitrogens is 1. The zero-order valence-corrected chi connectivity index (χ0v) is 16.8. The number of benzene rings is 1. The van der Waals surface area contributed by atoms with Crippen LogP contribution in [0.2, 0.25) is 0 Å². The Hall–Kier alpha value is -3.28. The fourth-order valence-corrected chi connectivity index (χ4v) is 3.88. The monoisotopic (exact) mass is 391 g/mol. The van der Waals surface area contributed by atoms with Gasteiger partial charge in [0.25, 0.3) is 5.91 Å². The highest BCUT2D eigenvalue weighted by molar-refractivity contribution is 5.96. The summed E-state index contributed by atoms with van der Waals surface area (Å²) in [6.07, 6.45) is 7.43. The van der Waals surface area contributed by atoms with Crippen molar-refractivity contribution in [2.45, 2.75) is 19.8 Å². The molecule has 0 saturated heterocycles. The lowest BCUT2D eigenvalue weighted by Crippen LogP contribution is -2.42. The van der Waals surface area contributed by atoms with Crippen LogP contribution < -0.4 is 0 Å². The third kappa shape index (κ3) is 3.70. The van der Waals surface area contributed by atoms with Crippen molar-refractivity contribution in [3.05, 3.63) is 65.8 Å². The molecule has 0 spiro atoms. The average Bonchev–Trinajstić information content (AvgIpc) is 3.43. The van der Waals surface area contributed by atoms with Gasteiger partial charge >= 0.3 is 0 Å². The third-order valence-corrected chi connectivity index (χ3v) is 5.54. The van der Waals surface area contributed by atoms with E-state index in [2.05, 4.69) is 42.4 Å². The van der Waals surface area contributed by atoms with E-state index in [1.807, 2.05) is 0 Å². The molecule has 1 aliphatic rings. The molecule has 0 bridgehead atoms. The number of hydrogen-bond donors (Lipinski definition) is 1. The van der Waals surface area contributed by atoms with Crippen LogP contribution in [0.4, 0.5) is 0 Å². The van der Waals surface area contributed by atoms with Gasteiger partial charge in [-0.05, 0) is 36.1 Å². The Labute approximate surface area is 169 Å². The molecule has 0 atom stereocenters. The summed E-state index contributed by atoms with van der Waals surface area (Å²) in [7, 11) is 1.62. The van der Waals surface area contributed by atoms with Crippen molar-refractivity contribution in [2.75, 3.05) is 26.7 Å². The van der Waals surface area contributed by atoms with Gasteiger partial charge in [0.1, 0.15) is 0 Å². The minimum Gasteiger partial charge on any atom is -0.459 e. The number of likely N-dealkylation sites (N-methyl/N-ethyl adjacent to an activating group) is 1. The second-order valence-electron chi connectivity index (χ2n) is 7.35. The second kappa shape index (κ2) is 7.99. The summed E-state index contributed by atoms with van der Waals surface area (Å²) < 4.78 is 5.12. The predicted molar refractivity (Wildman–Crippen MR) is 113 cm³/mol. The van der Waals surface area contributed by atoms with Crippen LogP contribution in [-0.2, 0) is 11.2 Å². The van der Waals surface area contributed by atoms with Crippen LogP contribution in [0.1, 0.15) is 35.0 Å². The number of para-hydroxylation sites is 1. The number of aryl methyl sites for hydroxylation is 1. The van der Waals surface area contributed by atoms with E-state index in [1.165, 1.54) is 38.8 Å². The highest BCUT2D eigenvalue weighted by Crippen LogP contribution is 2.31. The first-order chi connectivity index (χ1) is 14.1. The predicted octanol–water partition coefficient (Wildman–Crippen LogP) is 3.71. The number of aromatic amines is 1. The topological polar surface area (TPSA) is 69.6 Å². The standard InChI is InChI=1S/C23H25N3O3/c1-3-16-6-4-7-18-19(14-24-22(16)18)17-9-11-26(12-10-17)21(27)15-25(2)23(28)20-8-5-13-29-20/h4-9,13-14,24H,3,10-12,15H2,1-2H3. The lowest BCUT2D eigenvalue weighted by Gasteiger charge is -2.28. The summed E-state index contributed by atoms with van der Waals surface area (Å²) in [6, 6.07) is 9.66.